The third-order valence-corrected chi connectivity index (χ3v) is 4.30. The second-order valence-electron chi connectivity index (χ2n) is 6.38. The first-order valence-corrected chi connectivity index (χ1v) is 10.7. The average molecular weight is 417 g/mol. The molecule has 0 aromatic carbocycles. The van der Waals surface area contributed by atoms with Crippen LogP contribution in [-0.2, 0) is 19.4 Å². The van der Waals surface area contributed by atoms with Crippen LogP contribution in [0.5, 0.6) is 0 Å². The van der Waals surface area contributed by atoms with Crippen LogP contribution in [0, 0.1) is 0 Å². The van der Waals surface area contributed by atoms with Crippen molar-refractivity contribution in [1.29, 1.82) is 0 Å². The Morgan fingerprint density at radius 1 is 1.04 bits per heavy atom. The topological polar surface area (TPSA) is 104 Å². The van der Waals surface area contributed by atoms with Gasteiger partial charge in [0, 0.05) is 6.42 Å². The van der Waals surface area contributed by atoms with E-state index >= 15 is 0 Å². The van der Waals surface area contributed by atoms with Crippen LogP contribution >= 0.6 is 0 Å². The molecule has 8 heteroatoms. The van der Waals surface area contributed by atoms with Gasteiger partial charge in [-0.2, -0.15) is 0 Å². The van der Waals surface area contributed by atoms with Gasteiger partial charge in [-0.15, -0.1) is 0 Å². The van der Waals surface area contributed by atoms with Gasteiger partial charge in [-0.05, 0) is 32.1 Å². The summed E-state index contributed by atoms with van der Waals surface area (Å²) in [6.07, 6.45) is 15.5. The third-order valence-electron chi connectivity index (χ3n) is 3.91. The van der Waals surface area contributed by atoms with Crippen molar-refractivity contribution in [3.8, 4) is 0 Å². The van der Waals surface area contributed by atoms with Gasteiger partial charge in [0.25, 0.3) is 10.4 Å². The van der Waals surface area contributed by atoms with E-state index in [9.17, 15) is 22.9 Å². The molecule has 0 heterocycles. The van der Waals surface area contributed by atoms with E-state index in [1.165, 1.54) is 19.3 Å². The summed E-state index contributed by atoms with van der Waals surface area (Å²) in [7, 11) is -4.92. The van der Waals surface area contributed by atoms with Crippen molar-refractivity contribution in [1.82, 2.24) is 0 Å². The maximum absolute atomic E-state index is 11.0. The van der Waals surface area contributed by atoms with Gasteiger partial charge < -0.3 is 13.8 Å². The summed E-state index contributed by atoms with van der Waals surface area (Å²) in [6.45, 7) is 2.18. The second-order valence-corrected chi connectivity index (χ2v) is 7.36. The van der Waals surface area contributed by atoms with Crippen LogP contribution in [-0.4, -0.2) is 30.2 Å². The fourth-order valence-corrected chi connectivity index (χ4v) is 2.82. The second kappa shape index (κ2) is 19.1. The fraction of sp³-hybridized carbons (Fsp3) is 0.833. The standard InChI is InChI=1S/C18H34O6S.K/c1-2-3-4-11-14-17(19)15-12-9-7-5-6-8-10-13-16-18(20)24-25(21,22)23;/h9,12,17,19H,2-8,10-11,13-16H2,1H3,(H,21,22,23);/q;+1/p-1/b12-9-;/t17-;/m1./s1. The molecule has 0 rings (SSSR count). The summed E-state index contributed by atoms with van der Waals surface area (Å²) in [5.41, 5.74) is 0. The molecule has 26 heavy (non-hydrogen) atoms. The van der Waals surface area contributed by atoms with Gasteiger partial charge in [0.05, 0.1) is 6.10 Å². The molecule has 6 nitrogen and oxygen atoms in total. The van der Waals surface area contributed by atoms with E-state index < -0.39 is 16.4 Å². The Bertz CT molecular complexity index is 464. The number of hydrogen-bond acceptors (Lipinski definition) is 6. The molecule has 0 aliphatic carbocycles. The molecule has 0 unspecified atom stereocenters. The molecule has 0 saturated heterocycles. The minimum Gasteiger partial charge on any atom is -0.716 e. The van der Waals surface area contributed by atoms with Crippen molar-refractivity contribution in [3.63, 3.8) is 0 Å². The first kappa shape index (κ1) is 28.9. The monoisotopic (exact) mass is 416 g/mol. The molecule has 0 aromatic heterocycles. The number of allylic oxidation sites excluding steroid dienone is 1. The Balaban J connectivity index is 0. The minimum absolute atomic E-state index is 0. The summed E-state index contributed by atoms with van der Waals surface area (Å²) in [5.74, 6) is -0.980. The first-order chi connectivity index (χ1) is 11.8. The van der Waals surface area contributed by atoms with Crippen LogP contribution in [0.1, 0.15) is 90.4 Å². The zero-order chi connectivity index (χ0) is 19.0. The Labute approximate surface area is 201 Å². The number of unbranched alkanes of at least 4 members (excludes halogenated alkanes) is 8. The average Bonchev–Trinajstić information content (AvgIpc) is 2.51. The van der Waals surface area contributed by atoms with Crippen molar-refractivity contribution < 1.29 is 78.4 Å². The van der Waals surface area contributed by atoms with Gasteiger partial charge in [-0.1, -0.05) is 64.0 Å². The first-order valence-electron chi connectivity index (χ1n) is 9.36. The van der Waals surface area contributed by atoms with Crippen LogP contribution < -0.4 is 51.4 Å². The number of aliphatic hydroxyl groups is 1. The Kier molecular flexibility index (Phi) is 21.2. The quantitative estimate of drug-likeness (QED) is 0.132. The van der Waals surface area contributed by atoms with Crippen LogP contribution in [0.3, 0.4) is 0 Å². The van der Waals surface area contributed by atoms with Crippen LogP contribution in [0.15, 0.2) is 12.2 Å². The number of aliphatic hydroxyl groups excluding tert-OH is 1. The molecular weight excluding hydrogens is 383 g/mol. The van der Waals surface area contributed by atoms with Crippen molar-refractivity contribution >= 4 is 16.4 Å². The number of carbonyl (C=O) groups excluding carboxylic acids is 1. The van der Waals surface area contributed by atoms with Gasteiger partial charge in [-0.25, -0.2) is 8.42 Å². The van der Waals surface area contributed by atoms with E-state index in [2.05, 4.69) is 17.2 Å². The summed E-state index contributed by atoms with van der Waals surface area (Å²) in [5, 5.41) is 9.82. The molecule has 0 spiro atoms. The van der Waals surface area contributed by atoms with E-state index in [0.717, 1.165) is 51.4 Å². The summed E-state index contributed by atoms with van der Waals surface area (Å²) in [4.78, 5) is 11.0. The van der Waals surface area contributed by atoms with E-state index in [1.807, 2.05) is 6.08 Å². The van der Waals surface area contributed by atoms with Crippen LogP contribution in [0.4, 0.5) is 0 Å². The van der Waals surface area contributed by atoms with Gasteiger partial charge in [0.1, 0.15) is 0 Å². The zero-order valence-corrected chi connectivity index (χ0v) is 20.3. The van der Waals surface area contributed by atoms with Gasteiger partial charge >= 0.3 is 57.4 Å². The van der Waals surface area contributed by atoms with E-state index in [-0.39, 0.29) is 63.9 Å². The molecule has 0 saturated carbocycles. The smallest absolute Gasteiger partial charge is 0.716 e. The third kappa shape index (κ3) is 22.8. The van der Waals surface area contributed by atoms with Crippen molar-refractivity contribution in [2.24, 2.45) is 0 Å². The Morgan fingerprint density at radius 3 is 2.31 bits per heavy atom. The minimum atomic E-state index is -4.92. The molecule has 0 fully saturated rings. The molecule has 0 radical (unpaired) electrons. The van der Waals surface area contributed by atoms with Crippen LogP contribution in [0.2, 0.25) is 0 Å². The largest absolute Gasteiger partial charge is 1.00 e. The molecule has 0 aliphatic rings. The molecule has 1 atom stereocenters. The molecule has 0 aromatic rings. The molecule has 0 aliphatic heterocycles. The van der Waals surface area contributed by atoms with Gasteiger partial charge in [-0.3, -0.25) is 4.79 Å². The zero-order valence-electron chi connectivity index (χ0n) is 16.3. The number of carbonyl (C=O) groups is 1. The van der Waals surface area contributed by atoms with Crippen molar-refractivity contribution in [2.75, 3.05) is 0 Å². The molecule has 1 N–H and O–H groups in total. The molecule has 148 valence electrons. The number of rotatable bonds is 16. The van der Waals surface area contributed by atoms with Crippen molar-refractivity contribution in [3.05, 3.63) is 12.2 Å². The molecular formula is C18H33KO6S. The van der Waals surface area contributed by atoms with E-state index in [1.54, 1.807) is 0 Å². The van der Waals surface area contributed by atoms with E-state index in [0.29, 0.717) is 6.42 Å². The predicted octanol–water partition coefficient (Wildman–Crippen LogP) is 1.00. The SMILES string of the molecule is CCCCCC[C@@H](O)C/C=C\CCCCCCCC(=O)OS(=O)(=O)[O-].[K+]. The van der Waals surface area contributed by atoms with Gasteiger partial charge in [0.15, 0.2) is 0 Å². The summed E-state index contributed by atoms with van der Waals surface area (Å²) in [6, 6.07) is 0. The molecule has 0 bridgehead atoms. The maximum atomic E-state index is 11.0. The normalized spacial score (nSPS) is 12.7. The van der Waals surface area contributed by atoms with Crippen molar-refractivity contribution in [2.45, 2.75) is 96.5 Å². The Morgan fingerprint density at radius 2 is 1.65 bits per heavy atom. The van der Waals surface area contributed by atoms with Gasteiger partial charge in [0.2, 0.25) is 0 Å². The maximum Gasteiger partial charge on any atom is 1.00 e. The predicted molar refractivity (Wildman–Crippen MR) is 96.6 cm³/mol. The summed E-state index contributed by atoms with van der Waals surface area (Å²) >= 11 is 0. The van der Waals surface area contributed by atoms with Crippen LogP contribution in [0.25, 0.3) is 0 Å². The summed E-state index contributed by atoms with van der Waals surface area (Å²) < 4.78 is 34.3. The Hall–Kier alpha value is 0.716. The van der Waals surface area contributed by atoms with E-state index in [4.69, 9.17) is 0 Å². The molecule has 0 amide bonds. The fourth-order valence-electron chi connectivity index (χ4n) is 2.51. The number of hydrogen-bond donors (Lipinski definition) is 1.